The summed E-state index contributed by atoms with van der Waals surface area (Å²) in [6.45, 7) is 2.46. The topological polar surface area (TPSA) is 56.1 Å². The third kappa shape index (κ3) is 3.86. The van der Waals surface area contributed by atoms with Crippen molar-refractivity contribution in [3.8, 4) is 11.1 Å². The third-order valence-corrected chi connectivity index (χ3v) is 4.64. The monoisotopic (exact) mass is 413 g/mol. The SMILES string of the molecule is COCc1ccc(C(=O)Nc2c(-c3ccc(Br)cc3)c(C)nn2C)cc1. The number of aromatic nitrogens is 2. The number of aryl methyl sites for hydroxylation is 2. The average molecular weight is 414 g/mol. The van der Waals surface area contributed by atoms with Gasteiger partial charge in [-0.3, -0.25) is 9.48 Å². The van der Waals surface area contributed by atoms with Crippen LogP contribution in [0.5, 0.6) is 0 Å². The van der Waals surface area contributed by atoms with E-state index in [9.17, 15) is 4.79 Å². The zero-order valence-corrected chi connectivity index (χ0v) is 16.5. The third-order valence-electron chi connectivity index (χ3n) is 4.11. The molecule has 2 aromatic carbocycles. The molecule has 5 nitrogen and oxygen atoms in total. The average Bonchev–Trinajstić information content (AvgIpc) is 2.90. The first-order valence-corrected chi connectivity index (χ1v) is 8.97. The number of rotatable bonds is 5. The number of carbonyl (C=O) groups is 1. The molecule has 1 amide bonds. The van der Waals surface area contributed by atoms with E-state index in [0.29, 0.717) is 18.0 Å². The highest BCUT2D eigenvalue weighted by atomic mass is 79.9. The Kier molecular flexibility index (Phi) is 5.54. The minimum absolute atomic E-state index is 0.171. The summed E-state index contributed by atoms with van der Waals surface area (Å²) in [5, 5.41) is 7.47. The quantitative estimate of drug-likeness (QED) is 0.666. The van der Waals surface area contributed by atoms with Gasteiger partial charge in [0.25, 0.3) is 5.91 Å². The summed E-state index contributed by atoms with van der Waals surface area (Å²) in [5.74, 6) is 0.506. The standard InChI is InChI=1S/C20H20BrN3O2/c1-13-18(15-8-10-17(21)11-9-15)19(24(2)23-13)22-20(25)16-6-4-14(5-7-16)12-26-3/h4-11H,12H2,1-3H3,(H,22,25). The molecule has 3 rings (SSSR count). The van der Waals surface area contributed by atoms with E-state index in [0.717, 1.165) is 26.9 Å². The minimum atomic E-state index is -0.171. The van der Waals surface area contributed by atoms with Crippen molar-refractivity contribution >= 4 is 27.7 Å². The van der Waals surface area contributed by atoms with Crippen molar-refractivity contribution in [1.29, 1.82) is 0 Å². The van der Waals surface area contributed by atoms with E-state index >= 15 is 0 Å². The predicted octanol–water partition coefficient (Wildman–Crippen LogP) is 4.56. The Morgan fingerprint density at radius 2 is 1.81 bits per heavy atom. The largest absolute Gasteiger partial charge is 0.380 e. The summed E-state index contributed by atoms with van der Waals surface area (Å²) >= 11 is 3.45. The fourth-order valence-electron chi connectivity index (χ4n) is 2.86. The molecular formula is C20H20BrN3O2. The van der Waals surface area contributed by atoms with Crippen LogP contribution >= 0.6 is 15.9 Å². The van der Waals surface area contributed by atoms with Crippen LogP contribution in [0, 0.1) is 6.92 Å². The summed E-state index contributed by atoms with van der Waals surface area (Å²) in [7, 11) is 3.47. The number of halogens is 1. The number of hydrogen-bond donors (Lipinski definition) is 1. The van der Waals surface area contributed by atoms with Crippen LogP contribution in [0.25, 0.3) is 11.1 Å². The number of carbonyl (C=O) groups excluding carboxylic acids is 1. The first-order chi connectivity index (χ1) is 12.5. The Bertz CT molecular complexity index is 915. The number of methoxy groups -OCH3 is 1. The normalized spacial score (nSPS) is 10.8. The second-order valence-corrected chi connectivity index (χ2v) is 6.94. The van der Waals surface area contributed by atoms with Crippen LogP contribution in [-0.2, 0) is 18.4 Å². The van der Waals surface area contributed by atoms with Gasteiger partial charge in [-0.05, 0) is 42.3 Å². The molecule has 0 fully saturated rings. The van der Waals surface area contributed by atoms with Crippen molar-refractivity contribution in [2.75, 3.05) is 12.4 Å². The van der Waals surface area contributed by atoms with Crippen molar-refractivity contribution in [1.82, 2.24) is 9.78 Å². The molecule has 0 saturated heterocycles. The predicted molar refractivity (Wildman–Crippen MR) is 106 cm³/mol. The highest BCUT2D eigenvalue weighted by Crippen LogP contribution is 2.32. The van der Waals surface area contributed by atoms with Gasteiger partial charge in [0.15, 0.2) is 0 Å². The molecule has 134 valence electrons. The maximum Gasteiger partial charge on any atom is 0.256 e. The van der Waals surface area contributed by atoms with Gasteiger partial charge in [0.2, 0.25) is 0 Å². The number of amides is 1. The number of benzene rings is 2. The first kappa shape index (κ1) is 18.4. The molecule has 0 atom stereocenters. The molecule has 1 heterocycles. The van der Waals surface area contributed by atoms with Gasteiger partial charge in [0.05, 0.1) is 12.3 Å². The van der Waals surface area contributed by atoms with Crippen LogP contribution in [-0.4, -0.2) is 22.8 Å². The molecule has 1 aromatic heterocycles. The molecule has 0 aliphatic rings. The lowest BCUT2D eigenvalue weighted by Crippen LogP contribution is -2.15. The molecule has 1 N–H and O–H groups in total. The van der Waals surface area contributed by atoms with Gasteiger partial charge < -0.3 is 10.1 Å². The zero-order chi connectivity index (χ0) is 18.7. The van der Waals surface area contributed by atoms with Gasteiger partial charge >= 0.3 is 0 Å². The van der Waals surface area contributed by atoms with Gasteiger partial charge in [0, 0.05) is 29.8 Å². The van der Waals surface area contributed by atoms with E-state index in [4.69, 9.17) is 4.74 Å². The molecule has 0 spiro atoms. The summed E-state index contributed by atoms with van der Waals surface area (Å²) in [6.07, 6.45) is 0. The molecule has 6 heteroatoms. The summed E-state index contributed by atoms with van der Waals surface area (Å²) in [6, 6.07) is 15.3. The van der Waals surface area contributed by atoms with E-state index in [2.05, 4.69) is 26.3 Å². The Morgan fingerprint density at radius 1 is 1.15 bits per heavy atom. The lowest BCUT2D eigenvalue weighted by atomic mass is 10.1. The second kappa shape index (κ2) is 7.85. The maximum atomic E-state index is 12.7. The Balaban J connectivity index is 1.90. The van der Waals surface area contributed by atoms with E-state index in [1.807, 2.05) is 50.4 Å². The number of hydrogen-bond acceptors (Lipinski definition) is 3. The second-order valence-electron chi connectivity index (χ2n) is 6.02. The molecule has 0 unspecified atom stereocenters. The molecule has 0 aliphatic carbocycles. The fraction of sp³-hybridized carbons (Fsp3) is 0.200. The maximum absolute atomic E-state index is 12.7. The smallest absolute Gasteiger partial charge is 0.256 e. The van der Waals surface area contributed by atoms with Crippen molar-refractivity contribution in [3.63, 3.8) is 0 Å². The van der Waals surface area contributed by atoms with E-state index in [1.165, 1.54) is 0 Å². The van der Waals surface area contributed by atoms with Crippen molar-refractivity contribution < 1.29 is 9.53 Å². The molecular weight excluding hydrogens is 394 g/mol. The van der Waals surface area contributed by atoms with Crippen LogP contribution in [0.3, 0.4) is 0 Å². The first-order valence-electron chi connectivity index (χ1n) is 8.18. The Hall–Kier alpha value is -2.44. The lowest BCUT2D eigenvalue weighted by molar-refractivity contribution is 0.102. The van der Waals surface area contributed by atoms with Crippen LogP contribution in [0.1, 0.15) is 21.6 Å². The highest BCUT2D eigenvalue weighted by Gasteiger charge is 2.18. The Labute approximate surface area is 161 Å². The van der Waals surface area contributed by atoms with Crippen LogP contribution in [0.4, 0.5) is 5.82 Å². The Morgan fingerprint density at radius 3 is 2.42 bits per heavy atom. The van der Waals surface area contributed by atoms with Crippen molar-refractivity contribution in [3.05, 3.63) is 69.8 Å². The van der Waals surface area contributed by atoms with E-state index in [-0.39, 0.29) is 5.91 Å². The number of ether oxygens (including phenoxy) is 1. The fourth-order valence-corrected chi connectivity index (χ4v) is 3.13. The summed E-state index contributed by atoms with van der Waals surface area (Å²) in [5.41, 5.74) is 4.40. The van der Waals surface area contributed by atoms with Gasteiger partial charge in [-0.15, -0.1) is 0 Å². The van der Waals surface area contributed by atoms with Crippen molar-refractivity contribution in [2.45, 2.75) is 13.5 Å². The van der Waals surface area contributed by atoms with Crippen LogP contribution in [0.2, 0.25) is 0 Å². The summed E-state index contributed by atoms with van der Waals surface area (Å²) < 4.78 is 7.80. The zero-order valence-electron chi connectivity index (χ0n) is 14.9. The van der Waals surface area contributed by atoms with Crippen LogP contribution < -0.4 is 5.32 Å². The van der Waals surface area contributed by atoms with E-state index < -0.39 is 0 Å². The number of nitrogens with zero attached hydrogens (tertiary/aromatic N) is 2. The molecule has 3 aromatic rings. The van der Waals surface area contributed by atoms with Crippen molar-refractivity contribution in [2.24, 2.45) is 7.05 Å². The number of anilines is 1. The van der Waals surface area contributed by atoms with Gasteiger partial charge in [-0.1, -0.05) is 40.2 Å². The molecule has 0 radical (unpaired) electrons. The minimum Gasteiger partial charge on any atom is -0.380 e. The highest BCUT2D eigenvalue weighted by molar-refractivity contribution is 9.10. The summed E-state index contributed by atoms with van der Waals surface area (Å²) in [4.78, 5) is 12.7. The molecule has 0 aliphatic heterocycles. The lowest BCUT2D eigenvalue weighted by Gasteiger charge is -2.10. The molecule has 0 saturated carbocycles. The number of nitrogens with one attached hydrogen (secondary N) is 1. The van der Waals surface area contributed by atoms with Gasteiger partial charge in [-0.2, -0.15) is 5.10 Å². The van der Waals surface area contributed by atoms with E-state index in [1.54, 1.807) is 23.9 Å². The van der Waals surface area contributed by atoms with Gasteiger partial charge in [0.1, 0.15) is 5.82 Å². The van der Waals surface area contributed by atoms with Crippen LogP contribution in [0.15, 0.2) is 53.0 Å². The van der Waals surface area contributed by atoms with Gasteiger partial charge in [-0.25, -0.2) is 0 Å². The molecule has 0 bridgehead atoms. The molecule has 26 heavy (non-hydrogen) atoms.